The number of nitrogens with zero attached hydrogens (tertiary/aromatic N) is 2. The highest BCUT2D eigenvalue weighted by Crippen LogP contribution is 2.34. The highest BCUT2D eigenvalue weighted by atomic mass is 35.5. The van der Waals surface area contributed by atoms with Gasteiger partial charge in [0, 0.05) is 31.5 Å². The van der Waals surface area contributed by atoms with Gasteiger partial charge in [-0.25, -0.2) is 0 Å². The fraction of sp³-hybridized carbons (Fsp3) is 0.174. The summed E-state index contributed by atoms with van der Waals surface area (Å²) in [6.07, 6.45) is 2.40. The fourth-order valence-electron chi connectivity index (χ4n) is 3.50. The van der Waals surface area contributed by atoms with E-state index in [1.54, 1.807) is 42.3 Å². The standard InChI is InChI=1S/C23H20ClN3O4/c1-25-23(30)19-13-17(6-8-26-19)31-16-3-5-20-15(12-16)7-9-27(20)22(29)11-14-2-4-18(24)21(28)10-14/h2-6,8,10,12-13,28H,7,9,11H2,1H3,(H,25,30). The van der Waals surface area contributed by atoms with Crippen molar-refractivity contribution < 1.29 is 19.4 Å². The number of ether oxygens (including phenoxy) is 1. The Labute approximate surface area is 184 Å². The molecule has 1 aliphatic rings. The molecular weight excluding hydrogens is 418 g/mol. The van der Waals surface area contributed by atoms with Crippen LogP contribution in [0.25, 0.3) is 0 Å². The zero-order valence-electron chi connectivity index (χ0n) is 16.8. The SMILES string of the molecule is CNC(=O)c1cc(Oc2ccc3c(c2)CCN3C(=O)Cc2ccc(Cl)c(O)c2)ccn1. The zero-order chi connectivity index (χ0) is 22.0. The average molecular weight is 438 g/mol. The second-order valence-electron chi connectivity index (χ2n) is 7.11. The zero-order valence-corrected chi connectivity index (χ0v) is 17.5. The maximum absolute atomic E-state index is 12.8. The van der Waals surface area contributed by atoms with Crippen molar-refractivity contribution in [3.8, 4) is 17.2 Å². The Morgan fingerprint density at radius 3 is 2.74 bits per heavy atom. The van der Waals surface area contributed by atoms with E-state index in [0.29, 0.717) is 30.0 Å². The summed E-state index contributed by atoms with van der Waals surface area (Å²) in [7, 11) is 1.54. The molecule has 0 fully saturated rings. The first-order valence-electron chi connectivity index (χ1n) is 9.71. The van der Waals surface area contributed by atoms with Crippen LogP contribution in [0.2, 0.25) is 5.02 Å². The van der Waals surface area contributed by atoms with Gasteiger partial charge in [-0.1, -0.05) is 17.7 Å². The summed E-state index contributed by atoms with van der Waals surface area (Å²) in [5, 5.41) is 12.5. The number of anilines is 1. The van der Waals surface area contributed by atoms with Crippen molar-refractivity contribution >= 4 is 29.1 Å². The van der Waals surface area contributed by atoms with Crippen molar-refractivity contribution in [1.29, 1.82) is 0 Å². The van der Waals surface area contributed by atoms with E-state index < -0.39 is 0 Å². The molecule has 7 nitrogen and oxygen atoms in total. The number of nitrogens with one attached hydrogen (secondary N) is 1. The molecule has 0 aliphatic carbocycles. The minimum absolute atomic E-state index is 0.0359. The first-order chi connectivity index (χ1) is 14.9. The number of carbonyl (C=O) groups excluding carboxylic acids is 2. The Balaban J connectivity index is 1.48. The van der Waals surface area contributed by atoms with Gasteiger partial charge < -0.3 is 20.1 Å². The van der Waals surface area contributed by atoms with Crippen LogP contribution in [0.4, 0.5) is 5.69 Å². The number of benzene rings is 2. The summed E-state index contributed by atoms with van der Waals surface area (Å²) in [5.74, 6) is 0.735. The molecule has 0 radical (unpaired) electrons. The van der Waals surface area contributed by atoms with Gasteiger partial charge in [0.2, 0.25) is 5.91 Å². The third-order valence-electron chi connectivity index (χ3n) is 5.04. The third kappa shape index (κ3) is 4.46. The number of hydrogen-bond acceptors (Lipinski definition) is 5. The normalized spacial score (nSPS) is 12.4. The van der Waals surface area contributed by atoms with Gasteiger partial charge >= 0.3 is 0 Å². The van der Waals surface area contributed by atoms with Gasteiger partial charge in [0.05, 0.1) is 11.4 Å². The van der Waals surface area contributed by atoms with E-state index in [-0.39, 0.29) is 34.7 Å². The Hall–Kier alpha value is -3.58. The predicted octanol–water partition coefficient (Wildman–Crippen LogP) is 3.72. The van der Waals surface area contributed by atoms with Gasteiger partial charge in [0.25, 0.3) is 5.91 Å². The van der Waals surface area contributed by atoms with Gasteiger partial charge in [-0.3, -0.25) is 14.6 Å². The van der Waals surface area contributed by atoms with E-state index in [0.717, 1.165) is 11.3 Å². The van der Waals surface area contributed by atoms with Crippen LogP contribution >= 0.6 is 11.6 Å². The van der Waals surface area contributed by atoms with Gasteiger partial charge in [-0.2, -0.15) is 0 Å². The number of hydrogen-bond donors (Lipinski definition) is 2. The van der Waals surface area contributed by atoms with Crippen LogP contribution < -0.4 is 15.0 Å². The molecule has 0 unspecified atom stereocenters. The minimum atomic E-state index is -0.289. The third-order valence-corrected chi connectivity index (χ3v) is 5.36. The highest BCUT2D eigenvalue weighted by Gasteiger charge is 2.25. The number of rotatable bonds is 5. The second kappa shape index (κ2) is 8.65. The van der Waals surface area contributed by atoms with Crippen LogP contribution in [0.1, 0.15) is 21.6 Å². The van der Waals surface area contributed by atoms with E-state index >= 15 is 0 Å². The molecule has 0 bridgehead atoms. The smallest absolute Gasteiger partial charge is 0.269 e. The molecule has 3 aromatic rings. The Morgan fingerprint density at radius 2 is 1.97 bits per heavy atom. The molecular formula is C23H20ClN3O4. The summed E-state index contributed by atoms with van der Waals surface area (Å²) < 4.78 is 5.89. The van der Waals surface area contributed by atoms with Gasteiger partial charge in [-0.15, -0.1) is 0 Å². The Kier molecular flexibility index (Phi) is 5.77. The molecule has 158 valence electrons. The van der Waals surface area contributed by atoms with E-state index in [2.05, 4.69) is 10.3 Å². The predicted molar refractivity (Wildman–Crippen MR) is 117 cm³/mol. The lowest BCUT2D eigenvalue weighted by atomic mass is 10.1. The molecule has 31 heavy (non-hydrogen) atoms. The van der Waals surface area contributed by atoms with Gasteiger partial charge in [-0.05, 0) is 53.9 Å². The number of pyridine rings is 1. The highest BCUT2D eigenvalue weighted by molar-refractivity contribution is 6.32. The summed E-state index contributed by atoms with van der Waals surface area (Å²) in [6, 6.07) is 13.6. The molecule has 0 atom stereocenters. The van der Waals surface area contributed by atoms with Crippen molar-refractivity contribution in [3.63, 3.8) is 0 Å². The molecule has 2 heterocycles. The number of aromatic hydroxyl groups is 1. The fourth-order valence-corrected chi connectivity index (χ4v) is 3.62. The van der Waals surface area contributed by atoms with Crippen LogP contribution in [0, 0.1) is 0 Å². The molecule has 0 saturated carbocycles. The summed E-state index contributed by atoms with van der Waals surface area (Å²) in [4.78, 5) is 30.3. The Bertz CT molecular complexity index is 1170. The maximum Gasteiger partial charge on any atom is 0.269 e. The lowest BCUT2D eigenvalue weighted by Gasteiger charge is -2.18. The van der Waals surface area contributed by atoms with Crippen LogP contribution in [-0.4, -0.2) is 35.5 Å². The number of fused-ring (bicyclic) bond motifs is 1. The summed E-state index contributed by atoms with van der Waals surface area (Å²) in [5.41, 5.74) is 2.82. The largest absolute Gasteiger partial charge is 0.506 e. The topological polar surface area (TPSA) is 91.8 Å². The van der Waals surface area contributed by atoms with Gasteiger partial charge in [0.15, 0.2) is 0 Å². The molecule has 1 aromatic heterocycles. The van der Waals surface area contributed by atoms with Crippen molar-refractivity contribution in [3.05, 3.63) is 76.6 Å². The van der Waals surface area contributed by atoms with E-state index in [1.807, 2.05) is 12.1 Å². The molecule has 2 N–H and O–H groups in total. The van der Waals surface area contributed by atoms with Crippen molar-refractivity contribution in [2.24, 2.45) is 0 Å². The molecule has 1 aliphatic heterocycles. The number of phenolic OH excluding ortho intramolecular Hbond substituents is 1. The summed E-state index contributed by atoms with van der Waals surface area (Å²) >= 11 is 5.84. The molecule has 0 saturated heterocycles. The number of amides is 2. The summed E-state index contributed by atoms with van der Waals surface area (Å²) in [6.45, 7) is 0.577. The first-order valence-corrected chi connectivity index (χ1v) is 10.1. The molecule has 8 heteroatoms. The second-order valence-corrected chi connectivity index (χ2v) is 7.51. The monoisotopic (exact) mass is 437 g/mol. The average Bonchev–Trinajstić information content (AvgIpc) is 3.19. The van der Waals surface area contributed by atoms with E-state index in [1.165, 1.54) is 12.3 Å². The van der Waals surface area contributed by atoms with Crippen LogP contribution in [0.15, 0.2) is 54.7 Å². The van der Waals surface area contributed by atoms with Crippen LogP contribution in [-0.2, 0) is 17.6 Å². The minimum Gasteiger partial charge on any atom is -0.506 e. The maximum atomic E-state index is 12.8. The van der Waals surface area contributed by atoms with E-state index in [9.17, 15) is 14.7 Å². The number of phenols is 1. The Morgan fingerprint density at radius 1 is 1.16 bits per heavy atom. The lowest BCUT2D eigenvalue weighted by molar-refractivity contribution is -0.117. The van der Waals surface area contributed by atoms with Crippen LogP contribution in [0.5, 0.6) is 17.2 Å². The molecule has 2 aromatic carbocycles. The van der Waals surface area contributed by atoms with E-state index in [4.69, 9.17) is 16.3 Å². The quantitative estimate of drug-likeness (QED) is 0.634. The number of aromatic nitrogens is 1. The molecule has 2 amide bonds. The van der Waals surface area contributed by atoms with Crippen molar-refractivity contribution in [2.75, 3.05) is 18.5 Å². The van der Waals surface area contributed by atoms with Crippen molar-refractivity contribution in [2.45, 2.75) is 12.8 Å². The molecule has 0 spiro atoms. The number of carbonyl (C=O) groups is 2. The van der Waals surface area contributed by atoms with Gasteiger partial charge in [0.1, 0.15) is 22.9 Å². The lowest BCUT2D eigenvalue weighted by Crippen LogP contribution is -2.30. The van der Waals surface area contributed by atoms with Crippen LogP contribution in [0.3, 0.4) is 0 Å². The van der Waals surface area contributed by atoms with Crippen molar-refractivity contribution in [1.82, 2.24) is 10.3 Å². The number of halogens is 1. The molecule has 4 rings (SSSR count). The first kappa shape index (κ1) is 20.7.